The highest BCUT2D eigenvalue weighted by molar-refractivity contribution is 7.71. The molecule has 1 aromatic carbocycles. The van der Waals surface area contributed by atoms with Crippen molar-refractivity contribution in [1.82, 2.24) is 24.1 Å². The summed E-state index contributed by atoms with van der Waals surface area (Å²) < 4.78 is 10.2. The zero-order chi connectivity index (χ0) is 21.1. The largest absolute Gasteiger partial charge is 0.467 e. The minimum Gasteiger partial charge on any atom is -0.467 e. The normalized spacial score (nSPS) is 15.9. The van der Waals surface area contributed by atoms with Crippen LogP contribution in [0, 0.1) is 10.7 Å². The van der Waals surface area contributed by atoms with Gasteiger partial charge in [-0.2, -0.15) is 5.10 Å². The van der Waals surface area contributed by atoms with Crippen molar-refractivity contribution >= 4 is 23.8 Å². The van der Waals surface area contributed by atoms with Crippen LogP contribution in [-0.4, -0.2) is 56.9 Å². The van der Waals surface area contributed by atoms with Gasteiger partial charge < -0.3 is 9.32 Å². The van der Waals surface area contributed by atoms with E-state index in [0.29, 0.717) is 28.9 Å². The molecule has 3 aromatic rings. The summed E-state index contributed by atoms with van der Waals surface area (Å²) in [6.07, 6.45) is 1.68. The minimum absolute atomic E-state index is 0.548. The number of halogens is 1. The summed E-state index contributed by atoms with van der Waals surface area (Å²) in [5.41, 5.74) is 0.984. The molecule has 0 atom stereocenters. The quantitative estimate of drug-likeness (QED) is 0.497. The van der Waals surface area contributed by atoms with Gasteiger partial charge in [0.1, 0.15) is 5.76 Å². The first kappa shape index (κ1) is 21.3. The van der Waals surface area contributed by atoms with Gasteiger partial charge in [-0.25, -0.2) is 4.68 Å². The average Bonchev–Trinajstić information content (AvgIpc) is 3.34. The summed E-state index contributed by atoms with van der Waals surface area (Å²) in [5, 5.41) is 5.59. The Morgan fingerprint density at radius 1 is 1.07 bits per heavy atom. The number of furan rings is 1. The molecular formula is C22H28ClN5OS. The molecule has 0 amide bonds. The SMILES string of the molecule is CC(C)CN1CCN(Cn2nc(-c3ccc(Cl)cc3)n(Cc3ccco3)c2=S)CC1. The third-order valence-electron chi connectivity index (χ3n) is 5.34. The molecule has 1 saturated heterocycles. The first-order valence-corrected chi connectivity index (χ1v) is 11.2. The van der Waals surface area contributed by atoms with Crippen LogP contribution in [0.2, 0.25) is 5.02 Å². The van der Waals surface area contributed by atoms with E-state index in [1.54, 1.807) is 6.26 Å². The number of rotatable bonds is 7. The van der Waals surface area contributed by atoms with Gasteiger partial charge in [0, 0.05) is 43.3 Å². The zero-order valence-electron chi connectivity index (χ0n) is 17.5. The second-order valence-corrected chi connectivity index (χ2v) is 9.03. The maximum Gasteiger partial charge on any atom is 0.199 e. The Bertz CT molecular complexity index is 1000. The summed E-state index contributed by atoms with van der Waals surface area (Å²) in [4.78, 5) is 4.96. The standard InChI is InChI=1S/C22H28ClN5OS/c1-17(2)14-25-9-11-26(12-10-25)16-28-22(30)27(15-20-4-3-13-29-20)21(24-28)18-5-7-19(23)8-6-18/h3-8,13,17H,9-12,14-16H2,1-2H3. The van der Waals surface area contributed by atoms with E-state index in [0.717, 1.165) is 49.9 Å². The molecule has 0 bridgehead atoms. The Labute approximate surface area is 187 Å². The summed E-state index contributed by atoms with van der Waals surface area (Å²) in [6, 6.07) is 11.6. The van der Waals surface area contributed by atoms with Gasteiger partial charge in [-0.1, -0.05) is 25.4 Å². The number of aromatic nitrogens is 3. The highest BCUT2D eigenvalue weighted by Crippen LogP contribution is 2.22. The van der Waals surface area contributed by atoms with Crippen molar-refractivity contribution < 1.29 is 4.42 Å². The van der Waals surface area contributed by atoms with Gasteiger partial charge in [0.25, 0.3) is 0 Å². The Balaban J connectivity index is 1.56. The highest BCUT2D eigenvalue weighted by atomic mass is 35.5. The monoisotopic (exact) mass is 445 g/mol. The van der Waals surface area contributed by atoms with Crippen LogP contribution >= 0.6 is 23.8 Å². The van der Waals surface area contributed by atoms with Crippen molar-refractivity contribution in [3.63, 3.8) is 0 Å². The lowest BCUT2D eigenvalue weighted by molar-refractivity contribution is 0.0950. The Kier molecular flexibility index (Phi) is 6.73. The molecule has 0 aliphatic carbocycles. The number of hydrogen-bond donors (Lipinski definition) is 0. The van der Waals surface area contributed by atoms with Gasteiger partial charge >= 0.3 is 0 Å². The Morgan fingerprint density at radius 3 is 2.40 bits per heavy atom. The van der Waals surface area contributed by atoms with E-state index in [2.05, 4.69) is 23.6 Å². The topological polar surface area (TPSA) is 42.4 Å². The molecule has 0 unspecified atom stereocenters. The molecule has 6 nitrogen and oxygen atoms in total. The maximum atomic E-state index is 6.08. The minimum atomic E-state index is 0.548. The van der Waals surface area contributed by atoms with Crippen LogP contribution in [0.1, 0.15) is 19.6 Å². The molecule has 0 N–H and O–H groups in total. The number of hydrogen-bond acceptors (Lipinski definition) is 5. The predicted molar refractivity (Wildman–Crippen MR) is 122 cm³/mol. The predicted octanol–water partition coefficient (Wildman–Crippen LogP) is 4.61. The van der Waals surface area contributed by atoms with E-state index < -0.39 is 0 Å². The number of nitrogens with zero attached hydrogens (tertiary/aromatic N) is 5. The molecule has 0 radical (unpaired) electrons. The van der Waals surface area contributed by atoms with Crippen LogP contribution in [0.5, 0.6) is 0 Å². The molecule has 1 aliphatic heterocycles. The van der Waals surface area contributed by atoms with Crippen LogP contribution in [-0.2, 0) is 13.2 Å². The first-order chi connectivity index (χ1) is 14.5. The first-order valence-electron chi connectivity index (χ1n) is 10.4. The fraction of sp³-hybridized carbons (Fsp3) is 0.455. The van der Waals surface area contributed by atoms with Crippen molar-refractivity contribution in [2.24, 2.45) is 5.92 Å². The van der Waals surface area contributed by atoms with Crippen molar-refractivity contribution in [2.45, 2.75) is 27.1 Å². The lowest BCUT2D eigenvalue weighted by Gasteiger charge is -2.35. The lowest BCUT2D eigenvalue weighted by atomic mass is 10.2. The summed E-state index contributed by atoms with van der Waals surface area (Å²) in [6.45, 7) is 11.2. The fourth-order valence-electron chi connectivity index (χ4n) is 3.87. The molecular weight excluding hydrogens is 418 g/mol. The lowest BCUT2D eigenvalue weighted by Crippen LogP contribution is -2.47. The molecule has 0 spiro atoms. The van der Waals surface area contributed by atoms with E-state index >= 15 is 0 Å². The third-order valence-corrected chi connectivity index (χ3v) is 6.02. The van der Waals surface area contributed by atoms with E-state index in [9.17, 15) is 0 Å². The second-order valence-electron chi connectivity index (χ2n) is 8.23. The van der Waals surface area contributed by atoms with Gasteiger partial charge in [0.2, 0.25) is 0 Å². The maximum absolute atomic E-state index is 6.08. The summed E-state index contributed by atoms with van der Waals surface area (Å²) in [5.74, 6) is 2.37. The highest BCUT2D eigenvalue weighted by Gasteiger charge is 2.20. The third kappa shape index (κ3) is 5.03. The molecule has 30 heavy (non-hydrogen) atoms. The van der Waals surface area contributed by atoms with Crippen LogP contribution in [0.15, 0.2) is 47.1 Å². The molecule has 160 valence electrons. The Morgan fingerprint density at radius 2 is 1.77 bits per heavy atom. The van der Waals surface area contributed by atoms with E-state index in [4.69, 9.17) is 33.3 Å². The van der Waals surface area contributed by atoms with E-state index in [-0.39, 0.29) is 0 Å². The van der Waals surface area contributed by atoms with Crippen molar-refractivity contribution in [3.8, 4) is 11.4 Å². The molecule has 0 saturated carbocycles. The van der Waals surface area contributed by atoms with Gasteiger partial charge in [-0.05, 0) is 54.5 Å². The van der Waals surface area contributed by atoms with Gasteiger partial charge in [-0.15, -0.1) is 0 Å². The second kappa shape index (κ2) is 9.47. The molecule has 1 aliphatic rings. The molecule has 4 rings (SSSR count). The van der Waals surface area contributed by atoms with Crippen molar-refractivity contribution in [2.75, 3.05) is 32.7 Å². The van der Waals surface area contributed by atoms with Crippen molar-refractivity contribution in [3.05, 3.63) is 58.2 Å². The molecule has 3 heterocycles. The van der Waals surface area contributed by atoms with E-state index in [1.165, 1.54) is 0 Å². The van der Waals surface area contributed by atoms with Crippen LogP contribution < -0.4 is 0 Å². The molecule has 8 heteroatoms. The summed E-state index contributed by atoms with van der Waals surface area (Å²) in [7, 11) is 0. The smallest absolute Gasteiger partial charge is 0.199 e. The fourth-order valence-corrected chi connectivity index (χ4v) is 4.24. The van der Waals surface area contributed by atoms with Gasteiger partial charge in [-0.3, -0.25) is 9.47 Å². The summed E-state index contributed by atoms with van der Waals surface area (Å²) >= 11 is 11.9. The molecule has 2 aromatic heterocycles. The van der Waals surface area contributed by atoms with Crippen molar-refractivity contribution in [1.29, 1.82) is 0 Å². The number of piperazine rings is 1. The average molecular weight is 446 g/mol. The van der Waals surface area contributed by atoms with Crippen LogP contribution in [0.3, 0.4) is 0 Å². The van der Waals surface area contributed by atoms with Crippen LogP contribution in [0.4, 0.5) is 0 Å². The van der Waals surface area contributed by atoms with E-state index in [1.807, 2.05) is 45.6 Å². The number of benzene rings is 1. The zero-order valence-corrected chi connectivity index (χ0v) is 19.1. The van der Waals surface area contributed by atoms with Gasteiger partial charge in [0.05, 0.1) is 19.5 Å². The molecule has 1 fully saturated rings. The van der Waals surface area contributed by atoms with Crippen LogP contribution in [0.25, 0.3) is 11.4 Å². The van der Waals surface area contributed by atoms with Gasteiger partial charge in [0.15, 0.2) is 10.6 Å². The Hall–Kier alpha value is -1.93.